The Balaban J connectivity index is 2.26. The van der Waals surface area contributed by atoms with Crippen molar-refractivity contribution in [3.63, 3.8) is 0 Å². The van der Waals surface area contributed by atoms with Crippen LogP contribution in [0.1, 0.15) is 11.1 Å². The Morgan fingerprint density at radius 3 is 2.71 bits per heavy atom. The van der Waals surface area contributed by atoms with Gasteiger partial charge in [-0.05, 0) is 29.5 Å². The molecule has 0 atom stereocenters. The van der Waals surface area contributed by atoms with E-state index in [1.165, 1.54) is 5.56 Å². The molecule has 1 N–H and O–H groups in total. The maximum absolute atomic E-state index is 9.10. The van der Waals surface area contributed by atoms with Crippen molar-refractivity contribution in [2.24, 2.45) is 0 Å². The zero-order valence-electron chi connectivity index (χ0n) is 9.76. The van der Waals surface area contributed by atoms with Crippen LogP contribution in [0.2, 0.25) is 0 Å². The molecule has 0 fully saturated rings. The lowest BCUT2D eigenvalue weighted by molar-refractivity contribution is 0.282. The molecule has 0 amide bonds. The van der Waals surface area contributed by atoms with Gasteiger partial charge in [-0.1, -0.05) is 24.3 Å². The highest BCUT2D eigenvalue weighted by atomic mass is 32.2. The fourth-order valence-corrected chi connectivity index (χ4v) is 2.18. The Labute approximate surface area is 106 Å². The van der Waals surface area contributed by atoms with E-state index in [-0.39, 0.29) is 6.61 Å². The van der Waals surface area contributed by atoms with Crippen molar-refractivity contribution in [3.05, 3.63) is 53.7 Å². The van der Waals surface area contributed by atoms with E-state index < -0.39 is 0 Å². The molecule has 0 saturated carbocycles. The summed E-state index contributed by atoms with van der Waals surface area (Å²) in [5.74, 6) is 0.990. The summed E-state index contributed by atoms with van der Waals surface area (Å²) in [6.07, 6.45) is 4.00. The molecule has 88 valence electrons. The Bertz CT molecular complexity index is 482. The maximum atomic E-state index is 9.10. The molecule has 0 spiro atoms. The van der Waals surface area contributed by atoms with E-state index in [0.717, 1.165) is 22.6 Å². The fourth-order valence-electron chi connectivity index (χ4n) is 1.68. The van der Waals surface area contributed by atoms with Gasteiger partial charge in [-0.15, -0.1) is 0 Å². The van der Waals surface area contributed by atoms with E-state index in [4.69, 9.17) is 5.11 Å². The summed E-state index contributed by atoms with van der Waals surface area (Å²) in [4.78, 5) is 4.45. The number of aliphatic hydroxyl groups excluding tert-OH is 1. The van der Waals surface area contributed by atoms with E-state index in [2.05, 4.69) is 17.3 Å². The second-order valence-electron chi connectivity index (χ2n) is 3.84. The van der Waals surface area contributed by atoms with Crippen LogP contribution in [0.25, 0.3) is 11.3 Å². The molecule has 1 heterocycles. The van der Waals surface area contributed by atoms with E-state index in [1.54, 1.807) is 11.8 Å². The molecule has 0 aliphatic heterocycles. The molecular formula is C14H15NOS. The molecule has 2 aromatic rings. The summed E-state index contributed by atoms with van der Waals surface area (Å²) in [7, 11) is 0. The molecule has 2 rings (SSSR count). The lowest BCUT2D eigenvalue weighted by Gasteiger charge is -2.04. The van der Waals surface area contributed by atoms with Crippen LogP contribution in [0.15, 0.2) is 42.6 Å². The predicted molar refractivity (Wildman–Crippen MR) is 72.8 cm³/mol. The minimum absolute atomic E-state index is 0.0679. The molecule has 1 aromatic carbocycles. The number of benzene rings is 1. The van der Waals surface area contributed by atoms with Crippen LogP contribution >= 0.6 is 11.8 Å². The van der Waals surface area contributed by atoms with Crippen molar-refractivity contribution in [2.75, 3.05) is 6.26 Å². The van der Waals surface area contributed by atoms with Gasteiger partial charge >= 0.3 is 0 Å². The maximum Gasteiger partial charge on any atom is 0.0702 e. The van der Waals surface area contributed by atoms with Crippen molar-refractivity contribution >= 4 is 11.8 Å². The number of aliphatic hydroxyl groups is 1. The summed E-state index contributed by atoms with van der Waals surface area (Å²) < 4.78 is 0. The van der Waals surface area contributed by atoms with Gasteiger partial charge in [0.1, 0.15) is 0 Å². The summed E-state index contributed by atoms with van der Waals surface area (Å²) in [5.41, 5.74) is 4.15. The SMILES string of the molecule is CSCc1ccc(-c2cccc(CO)c2)nc1. The fraction of sp³-hybridized carbons (Fsp3) is 0.214. The van der Waals surface area contributed by atoms with Gasteiger partial charge in [0.15, 0.2) is 0 Å². The molecule has 3 heteroatoms. The van der Waals surface area contributed by atoms with Crippen molar-refractivity contribution in [3.8, 4) is 11.3 Å². The second kappa shape index (κ2) is 5.84. The summed E-state index contributed by atoms with van der Waals surface area (Å²) >= 11 is 1.79. The monoisotopic (exact) mass is 245 g/mol. The molecular weight excluding hydrogens is 230 g/mol. The van der Waals surface area contributed by atoms with Gasteiger partial charge < -0.3 is 5.11 Å². The standard InChI is InChI=1S/C14H15NOS/c1-17-10-12-5-6-14(15-8-12)13-4-2-3-11(7-13)9-16/h2-8,16H,9-10H2,1H3. The first-order valence-electron chi connectivity index (χ1n) is 5.47. The molecule has 0 radical (unpaired) electrons. The number of nitrogens with zero attached hydrogens (tertiary/aromatic N) is 1. The van der Waals surface area contributed by atoms with Gasteiger partial charge in [0, 0.05) is 17.5 Å². The Kier molecular flexibility index (Phi) is 4.18. The third kappa shape index (κ3) is 3.08. The summed E-state index contributed by atoms with van der Waals surface area (Å²) in [6, 6.07) is 12.0. The molecule has 17 heavy (non-hydrogen) atoms. The number of aromatic nitrogens is 1. The lowest BCUT2D eigenvalue weighted by atomic mass is 10.1. The molecule has 2 nitrogen and oxygen atoms in total. The Hall–Kier alpha value is -1.32. The van der Waals surface area contributed by atoms with Gasteiger partial charge in [-0.3, -0.25) is 4.98 Å². The van der Waals surface area contributed by atoms with Crippen molar-refractivity contribution in [1.82, 2.24) is 4.98 Å². The first-order valence-corrected chi connectivity index (χ1v) is 6.87. The third-order valence-corrected chi connectivity index (χ3v) is 3.16. The summed E-state index contributed by atoms with van der Waals surface area (Å²) in [6.45, 7) is 0.0679. The summed E-state index contributed by atoms with van der Waals surface area (Å²) in [5, 5.41) is 9.10. The van der Waals surface area contributed by atoms with E-state index in [1.807, 2.05) is 36.5 Å². The average molecular weight is 245 g/mol. The number of hydrogen-bond donors (Lipinski definition) is 1. The number of pyridine rings is 1. The molecule has 0 saturated heterocycles. The first kappa shape index (κ1) is 12.1. The van der Waals surface area contributed by atoms with E-state index in [0.29, 0.717) is 0 Å². The normalized spacial score (nSPS) is 10.5. The van der Waals surface area contributed by atoms with Gasteiger partial charge in [0.2, 0.25) is 0 Å². The quantitative estimate of drug-likeness (QED) is 0.898. The zero-order chi connectivity index (χ0) is 12.1. The van der Waals surface area contributed by atoms with Crippen molar-refractivity contribution in [2.45, 2.75) is 12.4 Å². The second-order valence-corrected chi connectivity index (χ2v) is 4.71. The van der Waals surface area contributed by atoms with Gasteiger partial charge in [-0.25, -0.2) is 0 Å². The highest BCUT2D eigenvalue weighted by Gasteiger charge is 2.00. The average Bonchev–Trinajstić information content (AvgIpc) is 2.40. The molecule has 0 unspecified atom stereocenters. The predicted octanol–water partition coefficient (Wildman–Crippen LogP) is 3.10. The molecule has 0 bridgehead atoms. The zero-order valence-corrected chi connectivity index (χ0v) is 10.6. The third-order valence-electron chi connectivity index (χ3n) is 2.54. The van der Waals surface area contributed by atoms with Crippen LogP contribution in [0.4, 0.5) is 0 Å². The topological polar surface area (TPSA) is 33.1 Å². The molecule has 1 aromatic heterocycles. The minimum atomic E-state index is 0.0679. The van der Waals surface area contributed by atoms with Crippen LogP contribution in [0.3, 0.4) is 0 Å². The van der Waals surface area contributed by atoms with Crippen LogP contribution in [0, 0.1) is 0 Å². The van der Waals surface area contributed by atoms with E-state index in [9.17, 15) is 0 Å². The van der Waals surface area contributed by atoms with Gasteiger partial charge in [-0.2, -0.15) is 11.8 Å². The van der Waals surface area contributed by atoms with E-state index >= 15 is 0 Å². The smallest absolute Gasteiger partial charge is 0.0702 e. The van der Waals surface area contributed by atoms with Crippen molar-refractivity contribution < 1.29 is 5.11 Å². The van der Waals surface area contributed by atoms with Gasteiger partial charge in [0.05, 0.1) is 12.3 Å². The molecule has 0 aliphatic carbocycles. The van der Waals surface area contributed by atoms with Crippen molar-refractivity contribution in [1.29, 1.82) is 0 Å². The molecule has 0 aliphatic rings. The number of rotatable bonds is 4. The number of hydrogen-bond acceptors (Lipinski definition) is 3. The number of thioether (sulfide) groups is 1. The first-order chi connectivity index (χ1) is 8.33. The van der Waals surface area contributed by atoms with Crippen LogP contribution in [-0.4, -0.2) is 16.3 Å². The lowest BCUT2D eigenvalue weighted by Crippen LogP contribution is -1.88. The van der Waals surface area contributed by atoms with Gasteiger partial charge in [0.25, 0.3) is 0 Å². The van der Waals surface area contributed by atoms with Crippen LogP contribution in [-0.2, 0) is 12.4 Å². The minimum Gasteiger partial charge on any atom is -0.392 e. The highest BCUT2D eigenvalue weighted by molar-refractivity contribution is 7.97. The van der Waals surface area contributed by atoms with Crippen LogP contribution in [0.5, 0.6) is 0 Å². The highest BCUT2D eigenvalue weighted by Crippen LogP contribution is 2.19. The Morgan fingerprint density at radius 2 is 2.06 bits per heavy atom. The van der Waals surface area contributed by atoms with Crippen LogP contribution < -0.4 is 0 Å². The largest absolute Gasteiger partial charge is 0.392 e. The Morgan fingerprint density at radius 1 is 1.18 bits per heavy atom.